The molecule has 0 unspecified atom stereocenters. The number of hydrogen-bond acceptors (Lipinski definition) is 2. The van der Waals surface area contributed by atoms with E-state index in [1.54, 1.807) is 0 Å². The summed E-state index contributed by atoms with van der Waals surface area (Å²) in [6.45, 7) is 5.95. The van der Waals surface area contributed by atoms with Gasteiger partial charge in [0, 0.05) is 12.1 Å². The second kappa shape index (κ2) is 5.26. The zero-order valence-corrected chi connectivity index (χ0v) is 12.6. The molecule has 2 aromatic rings. The van der Waals surface area contributed by atoms with Crippen molar-refractivity contribution >= 4 is 17.4 Å². The molecule has 7 heteroatoms. The summed E-state index contributed by atoms with van der Waals surface area (Å²) >= 11 is 6.09. The van der Waals surface area contributed by atoms with Crippen LogP contribution >= 0.6 is 11.6 Å². The van der Waals surface area contributed by atoms with Crippen LogP contribution in [0.15, 0.2) is 12.1 Å². The van der Waals surface area contributed by atoms with E-state index < -0.39 is 17.5 Å². The van der Waals surface area contributed by atoms with Gasteiger partial charge in [-0.2, -0.15) is 5.10 Å². The van der Waals surface area contributed by atoms with Gasteiger partial charge in [-0.05, 0) is 11.8 Å². The minimum atomic E-state index is -1.28. The minimum absolute atomic E-state index is 0.0131. The van der Waals surface area contributed by atoms with Gasteiger partial charge < -0.3 is 5.73 Å². The zero-order valence-electron chi connectivity index (χ0n) is 11.8. The quantitative estimate of drug-likeness (QED) is 0.847. The first kappa shape index (κ1) is 15.7. The van der Waals surface area contributed by atoms with Crippen molar-refractivity contribution in [2.45, 2.75) is 27.2 Å². The minimum Gasteiger partial charge on any atom is -0.382 e. The third-order valence-electron chi connectivity index (χ3n) is 2.84. The first-order valence-electron chi connectivity index (χ1n) is 6.28. The lowest BCUT2D eigenvalue weighted by molar-refractivity contribution is 0.405. The van der Waals surface area contributed by atoms with E-state index in [1.165, 1.54) is 0 Å². The number of nitrogen functional groups attached to an aromatic ring is 1. The highest BCUT2D eigenvalue weighted by Crippen LogP contribution is 2.31. The summed E-state index contributed by atoms with van der Waals surface area (Å²) in [5.41, 5.74) is 5.88. The van der Waals surface area contributed by atoms with Gasteiger partial charge in [-0.15, -0.1) is 0 Å². The maximum Gasteiger partial charge on any atom is 0.161 e. The molecule has 2 N–H and O–H groups in total. The lowest BCUT2D eigenvalue weighted by Gasteiger charge is -2.16. The second-order valence-corrected chi connectivity index (χ2v) is 6.39. The SMILES string of the molecule is CC(C)(C)Cc1nn(-c2cc(F)c(F)cc2F)c(N)c1Cl. The molecule has 0 aliphatic carbocycles. The molecule has 0 fully saturated rings. The fraction of sp³-hybridized carbons (Fsp3) is 0.357. The lowest BCUT2D eigenvalue weighted by atomic mass is 9.91. The molecule has 21 heavy (non-hydrogen) atoms. The van der Waals surface area contributed by atoms with Gasteiger partial charge in [0.15, 0.2) is 17.5 Å². The van der Waals surface area contributed by atoms with Crippen LogP contribution in [0.5, 0.6) is 0 Å². The van der Waals surface area contributed by atoms with E-state index in [0.717, 1.165) is 4.68 Å². The summed E-state index contributed by atoms with van der Waals surface area (Å²) in [5.74, 6) is -3.44. The van der Waals surface area contributed by atoms with Gasteiger partial charge in [0.1, 0.15) is 16.5 Å². The standard InChI is InChI=1S/C14H15ClF3N3/c1-14(2,3)6-10-12(15)13(19)21(20-10)11-5-8(17)7(16)4-9(11)18/h4-5H,6,19H2,1-3H3. The Labute approximate surface area is 125 Å². The summed E-state index contributed by atoms with van der Waals surface area (Å²) in [6, 6.07) is 1.15. The van der Waals surface area contributed by atoms with E-state index in [4.69, 9.17) is 17.3 Å². The van der Waals surface area contributed by atoms with Crippen LogP contribution in [0.2, 0.25) is 5.02 Å². The Balaban J connectivity index is 2.56. The van der Waals surface area contributed by atoms with E-state index in [-0.39, 0.29) is 21.9 Å². The molecular weight excluding hydrogens is 303 g/mol. The Bertz CT molecular complexity index is 690. The van der Waals surface area contributed by atoms with Crippen LogP contribution in [0.4, 0.5) is 19.0 Å². The largest absolute Gasteiger partial charge is 0.382 e. The molecule has 1 heterocycles. The van der Waals surface area contributed by atoms with Gasteiger partial charge in [-0.1, -0.05) is 32.4 Å². The van der Waals surface area contributed by atoms with Crippen LogP contribution in [-0.4, -0.2) is 9.78 Å². The topological polar surface area (TPSA) is 43.8 Å². The van der Waals surface area contributed by atoms with Crippen molar-refractivity contribution < 1.29 is 13.2 Å². The first-order chi connectivity index (χ1) is 9.60. The van der Waals surface area contributed by atoms with Crippen molar-refractivity contribution in [1.82, 2.24) is 9.78 Å². The van der Waals surface area contributed by atoms with Crippen LogP contribution in [0, 0.1) is 22.9 Å². The maximum absolute atomic E-state index is 13.8. The summed E-state index contributed by atoms with van der Waals surface area (Å²) in [5, 5.41) is 4.32. The van der Waals surface area contributed by atoms with Crippen LogP contribution in [0.3, 0.4) is 0 Å². The third-order valence-corrected chi connectivity index (χ3v) is 3.25. The van der Waals surface area contributed by atoms with Crippen molar-refractivity contribution in [3.05, 3.63) is 40.3 Å². The molecule has 114 valence electrons. The molecule has 0 bridgehead atoms. The maximum atomic E-state index is 13.8. The van der Waals surface area contributed by atoms with Gasteiger partial charge in [0.05, 0.1) is 5.69 Å². The number of aromatic nitrogens is 2. The van der Waals surface area contributed by atoms with Gasteiger partial charge in [-0.25, -0.2) is 17.9 Å². The monoisotopic (exact) mass is 317 g/mol. The van der Waals surface area contributed by atoms with Gasteiger partial charge in [0.25, 0.3) is 0 Å². The number of nitrogens with zero attached hydrogens (tertiary/aromatic N) is 2. The Hall–Kier alpha value is -1.69. The van der Waals surface area contributed by atoms with Crippen molar-refractivity contribution in [1.29, 1.82) is 0 Å². The number of benzene rings is 1. The predicted molar refractivity (Wildman–Crippen MR) is 76.0 cm³/mol. The summed E-state index contributed by atoms with van der Waals surface area (Å²) < 4.78 is 41.1. The lowest BCUT2D eigenvalue weighted by Crippen LogP contribution is -2.11. The second-order valence-electron chi connectivity index (χ2n) is 6.01. The number of hydrogen-bond donors (Lipinski definition) is 1. The first-order valence-corrected chi connectivity index (χ1v) is 6.66. The van der Waals surface area contributed by atoms with E-state index in [9.17, 15) is 13.2 Å². The third kappa shape index (κ3) is 3.15. The molecule has 0 spiro atoms. The molecule has 0 aliphatic rings. The molecule has 0 saturated carbocycles. The van der Waals surface area contributed by atoms with Crippen LogP contribution < -0.4 is 5.73 Å². The van der Waals surface area contributed by atoms with Gasteiger partial charge in [-0.3, -0.25) is 0 Å². The predicted octanol–water partition coefficient (Wildman–Crippen LogP) is 4.11. The highest BCUT2D eigenvalue weighted by Gasteiger charge is 2.22. The molecular formula is C14H15ClF3N3. The van der Waals surface area contributed by atoms with Crippen molar-refractivity contribution in [2.75, 3.05) is 5.73 Å². The Morgan fingerprint density at radius 3 is 2.29 bits per heavy atom. The molecule has 2 rings (SSSR count). The molecule has 0 radical (unpaired) electrons. The number of rotatable bonds is 2. The molecule has 0 amide bonds. The number of halogens is 4. The van der Waals surface area contributed by atoms with Gasteiger partial charge >= 0.3 is 0 Å². The summed E-state index contributed by atoms with van der Waals surface area (Å²) in [4.78, 5) is 0. The fourth-order valence-electron chi connectivity index (χ4n) is 1.93. The number of anilines is 1. The average molecular weight is 318 g/mol. The molecule has 1 aromatic carbocycles. The summed E-state index contributed by atoms with van der Waals surface area (Å²) in [6.07, 6.45) is 0.508. The molecule has 0 atom stereocenters. The van der Waals surface area contributed by atoms with E-state index in [0.29, 0.717) is 24.2 Å². The molecule has 0 aliphatic heterocycles. The Morgan fingerprint density at radius 1 is 1.14 bits per heavy atom. The van der Waals surface area contributed by atoms with Crippen LogP contribution in [0.25, 0.3) is 5.69 Å². The number of nitrogens with two attached hydrogens (primary N) is 1. The fourth-order valence-corrected chi connectivity index (χ4v) is 2.12. The zero-order chi connectivity index (χ0) is 15.9. The highest BCUT2D eigenvalue weighted by atomic mass is 35.5. The van der Waals surface area contributed by atoms with Crippen LogP contribution in [0.1, 0.15) is 26.5 Å². The summed E-state index contributed by atoms with van der Waals surface area (Å²) in [7, 11) is 0. The molecule has 0 saturated heterocycles. The van der Waals surface area contributed by atoms with E-state index in [2.05, 4.69) is 5.10 Å². The van der Waals surface area contributed by atoms with E-state index >= 15 is 0 Å². The van der Waals surface area contributed by atoms with Crippen LogP contribution in [-0.2, 0) is 6.42 Å². The molecule has 3 nitrogen and oxygen atoms in total. The molecule has 1 aromatic heterocycles. The van der Waals surface area contributed by atoms with Crippen molar-refractivity contribution in [2.24, 2.45) is 5.41 Å². The van der Waals surface area contributed by atoms with Crippen molar-refractivity contribution in [3.63, 3.8) is 0 Å². The smallest absolute Gasteiger partial charge is 0.161 e. The van der Waals surface area contributed by atoms with E-state index in [1.807, 2.05) is 20.8 Å². The van der Waals surface area contributed by atoms with Gasteiger partial charge in [0.2, 0.25) is 0 Å². The van der Waals surface area contributed by atoms with Crippen molar-refractivity contribution in [3.8, 4) is 5.69 Å². The Kier molecular flexibility index (Phi) is 3.93. The Morgan fingerprint density at radius 2 is 1.71 bits per heavy atom. The average Bonchev–Trinajstić information content (AvgIpc) is 2.60. The normalized spacial score (nSPS) is 12.0. The highest BCUT2D eigenvalue weighted by molar-refractivity contribution is 6.33.